The van der Waals surface area contributed by atoms with E-state index in [1.165, 1.54) is 22.9 Å². The highest BCUT2D eigenvalue weighted by Gasteiger charge is 2.51. The van der Waals surface area contributed by atoms with Crippen molar-refractivity contribution in [1.29, 1.82) is 0 Å². The van der Waals surface area contributed by atoms with Gasteiger partial charge in [0, 0.05) is 17.9 Å². The molecule has 2 heterocycles. The molecule has 2 aliphatic rings. The Morgan fingerprint density at radius 2 is 2.09 bits per heavy atom. The maximum atomic E-state index is 12.2. The number of carbonyl (C=O) groups excluding carboxylic acids is 1. The monoisotopic (exact) mass is 348 g/mol. The van der Waals surface area contributed by atoms with Crippen LogP contribution < -0.4 is 5.32 Å². The third kappa shape index (κ3) is 3.11. The fourth-order valence-electron chi connectivity index (χ4n) is 2.67. The summed E-state index contributed by atoms with van der Waals surface area (Å²) >= 11 is 6.82. The smallest absolute Gasteiger partial charge is 0.334 e. The molecule has 1 aromatic rings. The number of carboxylic acids is 1. The second kappa shape index (κ2) is 6.33. The van der Waals surface area contributed by atoms with Crippen molar-refractivity contribution in [2.75, 3.05) is 0 Å². The van der Waals surface area contributed by atoms with Crippen LogP contribution in [0.2, 0.25) is 0 Å². The summed E-state index contributed by atoms with van der Waals surface area (Å²) < 4.78 is 0. The highest BCUT2D eigenvalue weighted by atomic mass is 32.2. The van der Waals surface area contributed by atoms with Crippen LogP contribution in [0.15, 0.2) is 42.1 Å². The third-order valence-corrected chi connectivity index (χ3v) is 5.61. The van der Waals surface area contributed by atoms with E-state index in [0.29, 0.717) is 11.4 Å². The summed E-state index contributed by atoms with van der Waals surface area (Å²) in [7, 11) is 0. The second-order valence-electron chi connectivity index (χ2n) is 5.51. The number of rotatable bonds is 4. The Hall–Kier alpha value is -1.86. The van der Waals surface area contributed by atoms with E-state index < -0.39 is 5.97 Å². The fraction of sp³-hybridized carbons (Fsp3) is 0.312. The zero-order valence-corrected chi connectivity index (χ0v) is 14.1. The van der Waals surface area contributed by atoms with E-state index in [2.05, 4.69) is 5.32 Å². The van der Waals surface area contributed by atoms with Gasteiger partial charge in [0.1, 0.15) is 11.4 Å². The summed E-state index contributed by atoms with van der Waals surface area (Å²) in [5, 5.41) is 12.0. The first-order chi connectivity index (χ1) is 11.0. The largest absolute Gasteiger partial charge is 0.478 e. The standard InChI is InChI=1S/C16H16N2O3S2/c1-9-11(16(20)21)8-18-14(19)13(15(18)23-9)17-12(22)7-10-5-3-2-4-6-10/h2-6,8-9,13,15H,7H2,1H3,(H,17,22)(H,20,21)/t9?,13?,15-/m1/s1. The van der Waals surface area contributed by atoms with Gasteiger partial charge in [0.25, 0.3) is 5.91 Å². The maximum Gasteiger partial charge on any atom is 0.334 e. The number of aliphatic carboxylic acids is 1. The molecule has 2 aliphatic heterocycles. The summed E-state index contributed by atoms with van der Waals surface area (Å²) in [6, 6.07) is 9.44. The molecule has 1 saturated heterocycles. The summed E-state index contributed by atoms with van der Waals surface area (Å²) in [5.41, 5.74) is 1.34. The van der Waals surface area contributed by atoms with Crippen LogP contribution in [-0.4, -0.2) is 43.5 Å². The van der Waals surface area contributed by atoms with Crippen molar-refractivity contribution >= 4 is 40.8 Å². The molecule has 0 radical (unpaired) electrons. The van der Waals surface area contributed by atoms with Crippen molar-refractivity contribution < 1.29 is 14.7 Å². The Kier molecular flexibility index (Phi) is 4.41. The average Bonchev–Trinajstić information content (AvgIpc) is 2.53. The first-order valence-corrected chi connectivity index (χ1v) is 8.58. The number of nitrogens with zero attached hydrogens (tertiary/aromatic N) is 1. The molecule has 3 rings (SSSR count). The van der Waals surface area contributed by atoms with Crippen molar-refractivity contribution in [3.05, 3.63) is 47.7 Å². The quantitative estimate of drug-likeness (QED) is 0.639. The molecule has 120 valence electrons. The third-order valence-electron chi connectivity index (χ3n) is 3.91. The van der Waals surface area contributed by atoms with Crippen molar-refractivity contribution in [3.8, 4) is 0 Å². The van der Waals surface area contributed by atoms with Gasteiger partial charge < -0.3 is 15.3 Å². The normalized spacial score (nSPS) is 26.0. The van der Waals surface area contributed by atoms with Gasteiger partial charge in [-0.15, -0.1) is 11.8 Å². The van der Waals surface area contributed by atoms with Crippen molar-refractivity contribution in [2.24, 2.45) is 0 Å². The first-order valence-electron chi connectivity index (χ1n) is 7.23. The van der Waals surface area contributed by atoms with Crippen LogP contribution in [0.5, 0.6) is 0 Å². The van der Waals surface area contributed by atoms with Gasteiger partial charge in [-0.25, -0.2) is 4.79 Å². The van der Waals surface area contributed by atoms with Crippen LogP contribution in [0.25, 0.3) is 0 Å². The summed E-state index contributed by atoms with van der Waals surface area (Å²) in [5.74, 6) is -1.11. The number of thiocarbonyl (C=S) groups is 1. The number of hydrogen-bond acceptors (Lipinski definition) is 4. The van der Waals surface area contributed by atoms with Crippen LogP contribution in [0.4, 0.5) is 0 Å². The number of thioether (sulfide) groups is 1. The number of hydrogen-bond donors (Lipinski definition) is 2. The molecule has 0 saturated carbocycles. The minimum absolute atomic E-state index is 0.102. The Morgan fingerprint density at radius 1 is 1.39 bits per heavy atom. The van der Waals surface area contributed by atoms with E-state index >= 15 is 0 Å². The zero-order chi connectivity index (χ0) is 16.6. The Morgan fingerprint density at radius 3 is 2.74 bits per heavy atom. The molecule has 1 fully saturated rings. The molecule has 3 atom stereocenters. The minimum atomic E-state index is -0.979. The summed E-state index contributed by atoms with van der Waals surface area (Å²) in [6.45, 7) is 1.84. The Bertz CT molecular complexity index is 690. The van der Waals surface area contributed by atoms with E-state index in [1.807, 2.05) is 37.3 Å². The van der Waals surface area contributed by atoms with Gasteiger partial charge in [0.2, 0.25) is 0 Å². The van der Waals surface area contributed by atoms with Gasteiger partial charge in [-0.05, 0) is 12.5 Å². The van der Waals surface area contributed by atoms with Gasteiger partial charge in [0.05, 0.1) is 10.6 Å². The molecular formula is C16H16N2O3S2. The number of fused-ring (bicyclic) bond motifs is 1. The van der Waals surface area contributed by atoms with E-state index in [4.69, 9.17) is 17.3 Å². The molecule has 0 aromatic heterocycles. The first kappa shape index (κ1) is 16.0. The van der Waals surface area contributed by atoms with Gasteiger partial charge in [-0.3, -0.25) is 4.79 Å². The minimum Gasteiger partial charge on any atom is -0.478 e. The predicted molar refractivity (Wildman–Crippen MR) is 93.1 cm³/mol. The number of benzene rings is 1. The molecule has 2 unspecified atom stereocenters. The number of carbonyl (C=O) groups is 2. The molecule has 5 nitrogen and oxygen atoms in total. The van der Waals surface area contributed by atoms with E-state index in [-0.39, 0.29) is 28.1 Å². The lowest BCUT2D eigenvalue weighted by atomic mass is 10.1. The van der Waals surface area contributed by atoms with Crippen LogP contribution >= 0.6 is 24.0 Å². The molecule has 0 bridgehead atoms. The van der Waals surface area contributed by atoms with Crippen molar-refractivity contribution in [3.63, 3.8) is 0 Å². The number of amides is 1. The van der Waals surface area contributed by atoms with Crippen molar-refractivity contribution in [2.45, 2.75) is 30.0 Å². The summed E-state index contributed by atoms with van der Waals surface area (Å²) in [4.78, 5) is 25.5. The van der Waals surface area contributed by atoms with Gasteiger partial charge in [-0.2, -0.15) is 0 Å². The zero-order valence-electron chi connectivity index (χ0n) is 12.4. The molecule has 7 heteroatoms. The average molecular weight is 348 g/mol. The second-order valence-corrected chi connectivity index (χ2v) is 7.47. The fourth-order valence-corrected chi connectivity index (χ4v) is 4.33. The van der Waals surface area contributed by atoms with E-state index in [9.17, 15) is 9.59 Å². The lowest BCUT2D eigenvalue weighted by molar-refractivity contribution is -0.141. The van der Waals surface area contributed by atoms with E-state index in [1.54, 1.807) is 0 Å². The molecule has 1 aromatic carbocycles. The number of β-lactam (4-membered cyclic amide) rings is 1. The number of nitrogens with one attached hydrogen (secondary N) is 1. The van der Waals surface area contributed by atoms with Crippen LogP contribution in [0.3, 0.4) is 0 Å². The SMILES string of the molecule is CC1S[C@@H]2C(NC(=S)Cc3ccccc3)C(=O)N2C=C1C(=O)O. The lowest BCUT2D eigenvalue weighted by Crippen LogP contribution is -2.69. The lowest BCUT2D eigenvalue weighted by Gasteiger charge is -2.48. The highest BCUT2D eigenvalue weighted by Crippen LogP contribution is 2.40. The molecule has 2 N–H and O–H groups in total. The summed E-state index contributed by atoms with van der Waals surface area (Å²) in [6.07, 6.45) is 2.04. The Balaban J connectivity index is 1.64. The maximum absolute atomic E-state index is 12.2. The van der Waals surface area contributed by atoms with Crippen LogP contribution in [0, 0.1) is 0 Å². The van der Waals surface area contributed by atoms with Gasteiger partial charge >= 0.3 is 5.97 Å². The molecule has 0 spiro atoms. The molecule has 0 aliphatic carbocycles. The van der Waals surface area contributed by atoms with Gasteiger partial charge in [0.15, 0.2) is 0 Å². The van der Waals surface area contributed by atoms with Crippen LogP contribution in [0.1, 0.15) is 12.5 Å². The topological polar surface area (TPSA) is 69.6 Å². The molecular weight excluding hydrogens is 332 g/mol. The Labute approximate surface area is 143 Å². The molecule has 23 heavy (non-hydrogen) atoms. The predicted octanol–water partition coefficient (Wildman–Crippen LogP) is 1.79. The number of carboxylic acid groups (broad SMARTS) is 1. The van der Waals surface area contributed by atoms with Gasteiger partial charge in [-0.1, -0.05) is 42.5 Å². The highest BCUT2D eigenvalue weighted by molar-refractivity contribution is 8.00. The molecule has 1 amide bonds. The van der Waals surface area contributed by atoms with Crippen LogP contribution in [-0.2, 0) is 16.0 Å². The van der Waals surface area contributed by atoms with E-state index in [0.717, 1.165) is 5.56 Å². The van der Waals surface area contributed by atoms with Crippen molar-refractivity contribution in [1.82, 2.24) is 10.2 Å².